The minimum absolute atomic E-state index is 0.0551. The van der Waals surface area contributed by atoms with E-state index in [1.165, 1.54) is 9.35 Å². The van der Waals surface area contributed by atoms with Gasteiger partial charge in [-0.15, -0.1) is 11.3 Å². The number of nitrogens with zero attached hydrogens (tertiary/aromatic N) is 1. The van der Waals surface area contributed by atoms with E-state index in [0.29, 0.717) is 6.04 Å². The molecule has 4 heteroatoms. The fraction of sp³-hybridized carbons (Fsp3) is 0.667. The highest BCUT2D eigenvalue weighted by Gasteiger charge is 2.22. The molecule has 16 heavy (non-hydrogen) atoms. The quantitative estimate of drug-likeness (QED) is 0.926. The first-order valence-corrected chi connectivity index (χ1v) is 7.43. The molecule has 0 aromatic carbocycles. The average molecular weight is 304 g/mol. The summed E-state index contributed by atoms with van der Waals surface area (Å²) in [4.78, 5) is 3.82. The van der Waals surface area contributed by atoms with Gasteiger partial charge in [-0.05, 0) is 54.7 Å². The Hall–Kier alpha value is 0.1000. The number of rotatable bonds is 3. The van der Waals surface area contributed by atoms with Crippen LogP contribution in [0, 0.1) is 0 Å². The molecule has 0 bridgehead atoms. The van der Waals surface area contributed by atoms with Crippen LogP contribution in [-0.4, -0.2) is 29.2 Å². The van der Waals surface area contributed by atoms with Crippen molar-refractivity contribution in [2.24, 2.45) is 0 Å². The topological polar surface area (TPSA) is 23.5 Å². The maximum atomic E-state index is 9.48. The van der Waals surface area contributed by atoms with E-state index in [4.69, 9.17) is 0 Å². The fourth-order valence-electron chi connectivity index (χ4n) is 2.31. The summed E-state index contributed by atoms with van der Waals surface area (Å²) in [6, 6.07) is 2.84. The fourth-order valence-corrected chi connectivity index (χ4v) is 3.82. The van der Waals surface area contributed by atoms with Crippen molar-refractivity contribution in [3.05, 3.63) is 20.8 Å². The van der Waals surface area contributed by atoms with Crippen molar-refractivity contribution >= 4 is 27.3 Å². The van der Waals surface area contributed by atoms with Gasteiger partial charge >= 0.3 is 0 Å². The molecule has 0 radical (unpaired) electrons. The second kappa shape index (κ2) is 5.63. The molecule has 1 aromatic rings. The van der Waals surface area contributed by atoms with Crippen LogP contribution in [0.1, 0.15) is 30.6 Å². The molecular formula is C12H18BrNOS. The molecule has 2 rings (SSSR count). The second-order valence-electron chi connectivity index (χ2n) is 4.61. The first kappa shape index (κ1) is 12.6. The largest absolute Gasteiger partial charge is 0.393 e. The minimum atomic E-state index is -0.0551. The molecule has 1 aliphatic carbocycles. The van der Waals surface area contributed by atoms with Gasteiger partial charge in [0.25, 0.3) is 0 Å². The lowest BCUT2D eigenvalue weighted by Crippen LogP contribution is -2.35. The summed E-state index contributed by atoms with van der Waals surface area (Å²) >= 11 is 5.29. The van der Waals surface area contributed by atoms with Crippen molar-refractivity contribution in [3.63, 3.8) is 0 Å². The highest BCUT2D eigenvalue weighted by atomic mass is 79.9. The summed E-state index contributed by atoms with van der Waals surface area (Å²) in [6.45, 7) is 1.02. The summed E-state index contributed by atoms with van der Waals surface area (Å²) < 4.78 is 1.18. The summed E-state index contributed by atoms with van der Waals surface area (Å²) in [6.07, 6.45) is 4.13. The van der Waals surface area contributed by atoms with E-state index >= 15 is 0 Å². The molecule has 1 N–H and O–H groups in total. The zero-order valence-electron chi connectivity index (χ0n) is 9.53. The number of thiophene rings is 1. The van der Waals surface area contributed by atoms with Crippen LogP contribution in [0.25, 0.3) is 0 Å². The summed E-state index contributed by atoms with van der Waals surface area (Å²) in [5.74, 6) is 0. The van der Waals surface area contributed by atoms with Gasteiger partial charge in [0, 0.05) is 27.3 Å². The Bertz CT molecular complexity index is 334. The standard InChI is InChI=1S/C12H18BrNOS/c1-14(7-12-6-9(13)8-16-12)10-2-4-11(15)5-3-10/h6,8,10-11,15H,2-5,7H2,1H3. The molecule has 1 saturated carbocycles. The predicted octanol–water partition coefficient (Wildman–Crippen LogP) is 3.25. The van der Waals surface area contributed by atoms with Gasteiger partial charge < -0.3 is 5.11 Å². The monoisotopic (exact) mass is 303 g/mol. The van der Waals surface area contributed by atoms with E-state index in [-0.39, 0.29) is 6.10 Å². The molecule has 1 heterocycles. The Morgan fingerprint density at radius 1 is 1.44 bits per heavy atom. The maximum Gasteiger partial charge on any atom is 0.0541 e. The second-order valence-corrected chi connectivity index (χ2v) is 6.52. The third-order valence-corrected chi connectivity index (χ3v) is 5.00. The third kappa shape index (κ3) is 3.29. The van der Waals surface area contributed by atoms with Crippen LogP contribution in [0.3, 0.4) is 0 Å². The molecule has 2 nitrogen and oxygen atoms in total. The zero-order chi connectivity index (χ0) is 11.5. The molecule has 1 aliphatic rings. The van der Waals surface area contributed by atoms with Crippen molar-refractivity contribution in [2.75, 3.05) is 7.05 Å². The van der Waals surface area contributed by atoms with Crippen molar-refractivity contribution in [3.8, 4) is 0 Å². The van der Waals surface area contributed by atoms with Crippen molar-refractivity contribution in [1.82, 2.24) is 4.90 Å². The zero-order valence-corrected chi connectivity index (χ0v) is 11.9. The van der Waals surface area contributed by atoms with Gasteiger partial charge in [0.1, 0.15) is 0 Å². The molecule has 0 amide bonds. The molecule has 0 unspecified atom stereocenters. The van der Waals surface area contributed by atoms with Gasteiger partial charge in [0.2, 0.25) is 0 Å². The van der Waals surface area contributed by atoms with Crippen LogP contribution in [0.2, 0.25) is 0 Å². The third-order valence-electron chi connectivity index (χ3n) is 3.32. The number of halogens is 1. The predicted molar refractivity (Wildman–Crippen MR) is 71.7 cm³/mol. The average Bonchev–Trinajstić information content (AvgIpc) is 2.65. The highest BCUT2D eigenvalue weighted by Crippen LogP contribution is 2.26. The molecule has 0 spiro atoms. The van der Waals surface area contributed by atoms with E-state index < -0.39 is 0 Å². The lowest BCUT2D eigenvalue weighted by molar-refractivity contribution is 0.0821. The number of aliphatic hydroxyl groups is 1. The Balaban J connectivity index is 1.85. The molecule has 0 saturated heterocycles. The molecule has 0 aliphatic heterocycles. The molecule has 0 atom stereocenters. The highest BCUT2D eigenvalue weighted by molar-refractivity contribution is 9.10. The Kier molecular flexibility index (Phi) is 4.41. The van der Waals surface area contributed by atoms with Gasteiger partial charge in [-0.2, -0.15) is 0 Å². The maximum absolute atomic E-state index is 9.48. The van der Waals surface area contributed by atoms with Gasteiger partial charge in [-0.25, -0.2) is 0 Å². The smallest absolute Gasteiger partial charge is 0.0541 e. The SMILES string of the molecule is CN(Cc1cc(Br)cs1)C1CCC(O)CC1. The molecule has 1 aromatic heterocycles. The van der Waals surface area contributed by atoms with E-state index in [2.05, 4.69) is 39.3 Å². The first-order valence-electron chi connectivity index (χ1n) is 5.76. The van der Waals surface area contributed by atoms with Crippen LogP contribution in [0.5, 0.6) is 0 Å². The van der Waals surface area contributed by atoms with Crippen LogP contribution in [0.4, 0.5) is 0 Å². The van der Waals surface area contributed by atoms with E-state index in [1.54, 1.807) is 11.3 Å². The normalized spacial score (nSPS) is 26.2. The Labute approximate surface area is 109 Å². The van der Waals surface area contributed by atoms with Gasteiger partial charge in [0.15, 0.2) is 0 Å². The summed E-state index contributed by atoms with van der Waals surface area (Å²) in [5.41, 5.74) is 0. The molecule has 1 fully saturated rings. The lowest BCUT2D eigenvalue weighted by Gasteiger charge is -2.32. The van der Waals surface area contributed by atoms with E-state index in [1.807, 2.05) is 0 Å². The van der Waals surface area contributed by atoms with Gasteiger partial charge in [-0.3, -0.25) is 4.90 Å². The number of hydrogen-bond acceptors (Lipinski definition) is 3. The Morgan fingerprint density at radius 2 is 2.12 bits per heavy atom. The minimum Gasteiger partial charge on any atom is -0.393 e. The van der Waals surface area contributed by atoms with Crippen LogP contribution in [0.15, 0.2) is 15.9 Å². The molecular weight excluding hydrogens is 286 g/mol. The van der Waals surface area contributed by atoms with Crippen LogP contribution in [-0.2, 0) is 6.54 Å². The molecule has 90 valence electrons. The van der Waals surface area contributed by atoms with Crippen molar-refractivity contribution < 1.29 is 5.11 Å². The Morgan fingerprint density at radius 3 is 2.69 bits per heavy atom. The van der Waals surface area contributed by atoms with E-state index in [9.17, 15) is 5.11 Å². The van der Waals surface area contributed by atoms with Crippen LogP contribution >= 0.6 is 27.3 Å². The van der Waals surface area contributed by atoms with Gasteiger partial charge in [-0.1, -0.05) is 0 Å². The number of aliphatic hydroxyl groups excluding tert-OH is 1. The lowest BCUT2D eigenvalue weighted by atomic mass is 9.92. The first-order chi connectivity index (χ1) is 7.65. The summed E-state index contributed by atoms with van der Waals surface area (Å²) in [7, 11) is 2.19. The van der Waals surface area contributed by atoms with Gasteiger partial charge in [0.05, 0.1) is 6.10 Å². The summed E-state index contributed by atoms with van der Waals surface area (Å²) in [5, 5.41) is 11.6. The van der Waals surface area contributed by atoms with Crippen molar-refractivity contribution in [2.45, 2.75) is 44.4 Å². The van der Waals surface area contributed by atoms with Crippen molar-refractivity contribution in [1.29, 1.82) is 0 Å². The number of hydrogen-bond donors (Lipinski definition) is 1. The van der Waals surface area contributed by atoms with E-state index in [0.717, 1.165) is 32.2 Å². The van der Waals surface area contributed by atoms with Crippen LogP contribution < -0.4 is 0 Å².